The second-order valence-corrected chi connectivity index (χ2v) is 6.47. The van der Waals surface area contributed by atoms with Gasteiger partial charge in [-0.25, -0.2) is 0 Å². The number of carbonyl (C=O) groups is 1. The third kappa shape index (κ3) is 3.14. The lowest BCUT2D eigenvalue weighted by atomic mass is 10.1. The molecule has 1 aromatic carbocycles. The molecule has 1 amide bonds. The molecular formula is C16H16N4O2S. The van der Waals surface area contributed by atoms with E-state index in [-0.39, 0.29) is 11.5 Å². The van der Waals surface area contributed by atoms with Gasteiger partial charge in [0.1, 0.15) is 5.51 Å². The van der Waals surface area contributed by atoms with Crippen LogP contribution >= 0.6 is 11.3 Å². The lowest BCUT2D eigenvalue weighted by molar-refractivity contribution is 0.102. The Morgan fingerprint density at radius 3 is 2.70 bits per heavy atom. The van der Waals surface area contributed by atoms with Gasteiger partial charge in [-0.05, 0) is 12.0 Å². The number of pyridine rings is 1. The molecule has 0 aliphatic heterocycles. The van der Waals surface area contributed by atoms with Gasteiger partial charge in [-0.3, -0.25) is 14.9 Å². The standard InChI is InChI=1S/C16H16N4O2S/c1-10(2)7-20-8-13(14(21)18-16-19-17-9-23-16)11-5-3-4-6-12(11)15(20)22/h3-6,8-10H,7H2,1-2H3,(H,18,19,21). The highest BCUT2D eigenvalue weighted by molar-refractivity contribution is 7.13. The number of aromatic nitrogens is 3. The Morgan fingerprint density at radius 2 is 2.04 bits per heavy atom. The highest BCUT2D eigenvalue weighted by Gasteiger charge is 2.16. The minimum absolute atomic E-state index is 0.0817. The van der Waals surface area contributed by atoms with Crippen molar-refractivity contribution >= 4 is 33.1 Å². The molecule has 0 unspecified atom stereocenters. The molecule has 0 aliphatic carbocycles. The fourth-order valence-electron chi connectivity index (χ4n) is 2.45. The molecule has 0 spiro atoms. The van der Waals surface area contributed by atoms with Gasteiger partial charge in [-0.2, -0.15) is 0 Å². The van der Waals surface area contributed by atoms with Crippen LogP contribution in [0.15, 0.2) is 40.8 Å². The number of anilines is 1. The zero-order valence-corrected chi connectivity index (χ0v) is 13.6. The van der Waals surface area contributed by atoms with E-state index >= 15 is 0 Å². The van der Waals surface area contributed by atoms with Gasteiger partial charge in [-0.15, -0.1) is 10.2 Å². The van der Waals surface area contributed by atoms with Gasteiger partial charge in [0.05, 0.1) is 5.56 Å². The maximum atomic E-state index is 12.6. The first kappa shape index (κ1) is 15.4. The van der Waals surface area contributed by atoms with Crippen LogP contribution in [-0.2, 0) is 6.54 Å². The Labute approximate surface area is 136 Å². The second kappa shape index (κ2) is 6.29. The highest BCUT2D eigenvalue weighted by atomic mass is 32.1. The second-order valence-electron chi connectivity index (χ2n) is 5.64. The van der Waals surface area contributed by atoms with Crippen LogP contribution in [0.1, 0.15) is 24.2 Å². The van der Waals surface area contributed by atoms with E-state index in [1.165, 1.54) is 11.3 Å². The Hall–Kier alpha value is -2.54. The van der Waals surface area contributed by atoms with E-state index in [9.17, 15) is 9.59 Å². The normalized spacial score (nSPS) is 11.1. The van der Waals surface area contributed by atoms with Gasteiger partial charge in [0.15, 0.2) is 0 Å². The summed E-state index contributed by atoms with van der Waals surface area (Å²) in [6.07, 6.45) is 1.63. The minimum Gasteiger partial charge on any atom is -0.314 e. The number of carbonyl (C=O) groups excluding carboxylic acids is 1. The van der Waals surface area contributed by atoms with Crippen molar-refractivity contribution in [3.8, 4) is 0 Å². The largest absolute Gasteiger partial charge is 0.314 e. The van der Waals surface area contributed by atoms with Crippen LogP contribution in [0.3, 0.4) is 0 Å². The number of nitrogens with zero attached hydrogens (tertiary/aromatic N) is 3. The summed E-state index contributed by atoms with van der Waals surface area (Å²) in [5.74, 6) is 0.00314. The third-order valence-electron chi connectivity index (χ3n) is 3.38. The van der Waals surface area contributed by atoms with Crippen LogP contribution in [-0.4, -0.2) is 20.7 Å². The Kier molecular flexibility index (Phi) is 4.20. The van der Waals surface area contributed by atoms with Crippen molar-refractivity contribution in [1.82, 2.24) is 14.8 Å². The van der Waals surface area contributed by atoms with E-state index < -0.39 is 0 Å². The van der Waals surface area contributed by atoms with Crippen molar-refractivity contribution in [2.45, 2.75) is 20.4 Å². The lowest BCUT2D eigenvalue weighted by Crippen LogP contribution is -2.25. The maximum Gasteiger partial charge on any atom is 0.259 e. The molecule has 0 fully saturated rings. The summed E-state index contributed by atoms with van der Waals surface area (Å²) >= 11 is 1.25. The van der Waals surface area contributed by atoms with E-state index in [1.54, 1.807) is 34.5 Å². The summed E-state index contributed by atoms with van der Waals surface area (Å²) in [5.41, 5.74) is 1.92. The van der Waals surface area contributed by atoms with Gasteiger partial charge < -0.3 is 4.57 Å². The zero-order valence-electron chi connectivity index (χ0n) is 12.8. The predicted octanol–water partition coefficient (Wildman–Crippen LogP) is 2.76. The highest BCUT2D eigenvalue weighted by Crippen LogP contribution is 2.18. The third-order valence-corrected chi connectivity index (χ3v) is 3.99. The fourth-order valence-corrected chi connectivity index (χ4v) is 2.89. The van der Waals surface area contributed by atoms with E-state index in [2.05, 4.69) is 15.5 Å². The topological polar surface area (TPSA) is 76.9 Å². The molecule has 3 rings (SSSR count). The Balaban J connectivity index is 2.12. The molecule has 118 valence electrons. The minimum atomic E-state index is -0.296. The number of hydrogen-bond acceptors (Lipinski definition) is 5. The van der Waals surface area contributed by atoms with Crippen LogP contribution in [0.4, 0.5) is 5.13 Å². The van der Waals surface area contributed by atoms with Crippen LogP contribution < -0.4 is 10.9 Å². The number of fused-ring (bicyclic) bond motifs is 1. The molecule has 3 aromatic rings. The molecule has 0 radical (unpaired) electrons. The Morgan fingerprint density at radius 1 is 1.30 bits per heavy atom. The van der Waals surface area contributed by atoms with Crippen LogP contribution in [0.25, 0.3) is 10.8 Å². The van der Waals surface area contributed by atoms with Gasteiger partial charge in [0.2, 0.25) is 5.13 Å². The SMILES string of the molecule is CC(C)Cn1cc(C(=O)Nc2nncs2)c2ccccc2c1=O. The van der Waals surface area contributed by atoms with E-state index in [0.717, 1.165) is 0 Å². The monoisotopic (exact) mass is 328 g/mol. The van der Waals surface area contributed by atoms with Crippen molar-refractivity contribution in [2.75, 3.05) is 5.32 Å². The lowest BCUT2D eigenvalue weighted by Gasteiger charge is -2.13. The van der Waals surface area contributed by atoms with Gasteiger partial charge in [0, 0.05) is 23.5 Å². The number of hydrogen-bond donors (Lipinski definition) is 1. The van der Waals surface area contributed by atoms with Gasteiger partial charge in [0.25, 0.3) is 11.5 Å². The van der Waals surface area contributed by atoms with E-state index in [4.69, 9.17) is 0 Å². The molecule has 7 heteroatoms. The summed E-state index contributed by atoms with van der Waals surface area (Å²) < 4.78 is 1.60. The van der Waals surface area contributed by atoms with Crippen LogP contribution in [0.5, 0.6) is 0 Å². The quantitative estimate of drug-likeness (QED) is 0.799. The summed E-state index contributed by atoms with van der Waals surface area (Å²) in [4.78, 5) is 25.2. The van der Waals surface area contributed by atoms with E-state index in [0.29, 0.717) is 33.9 Å². The first-order valence-corrected chi connectivity index (χ1v) is 8.14. The maximum absolute atomic E-state index is 12.6. The van der Waals surface area contributed by atoms with Crippen LogP contribution in [0, 0.1) is 5.92 Å². The summed E-state index contributed by atoms with van der Waals surface area (Å²) in [7, 11) is 0. The molecule has 2 aromatic heterocycles. The van der Waals surface area contributed by atoms with Crippen LogP contribution in [0.2, 0.25) is 0 Å². The molecular weight excluding hydrogens is 312 g/mol. The summed E-state index contributed by atoms with van der Waals surface area (Å²) in [5, 5.41) is 11.8. The molecule has 0 aliphatic rings. The predicted molar refractivity (Wildman–Crippen MR) is 90.9 cm³/mol. The number of nitrogens with one attached hydrogen (secondary N) is 1. The first-order valence-electron chi connectivity index (χ1n) is 7.26. The average Bonchev–Trinajstić information content (AvgIpc) is 3.02. The van der Waals surface area contributed by atoms with Crippen molar-refractivity contribution in [2.24, 2.45) is 5.92 Å². The molecule has 2 heterocycles. The molecule has 0 bridgehead atoms. The molecule has 6 nitrogen and oxygen atoms in total. The summed E-state index contributed by atoms with van der Waals surface area (Å²) in [6, 6.07) is 7.15. The molecule has 23 heavy (non-hydrogen) atoms. The van der Waals surface area contributed by atoms with Gasteiger partial charge in [-0.1, -0.05) is 43.4 Å². The number of amides is 1. The van der Waals surface area contributed by atoms with E-state index in [1.807, 2.05) is 19.9 Å². The van der Waals surface area contributed by atoms with Crippen molar-refractivity contribution in [1.29, 1.82) is 0 Å². The molecule has 0 saturated heterocycles. The zero-order chi connectivity index (χ0) is 16.4. The van der Waals surface area contributed by atoms with Gasteiger partial charge >= 0.3 is 0 Å². The average molecular weight is 328 g/mol. The molecule has 0 atom stereocenters. The molecule has 0 saturated carbocycles. The fraction of sp³-hybridized carbons (Fsp3) is 0.250. The Bertz CT molecular complexity index is 900. The number of rotatable bonds is 4. The summed E-state index contributed by atoms with van der Waals surface area (Å²) in [6.45, 7) is 4.62. The first-order chi connectivity index (χ1) is 11.1. The van der Waals surface area contributed by atoms with Crippen molar-refractivity contribution in [3.63, 3.8) is 0 Å². The van der Waals surface area contributed by atoms with Crippen molar-refractivity contribution in [3.05, 3.63) is 51.9 Å². The van der Waals surface area contributed by atoms with Crippen molar-refractivity contribution < 1.29 is 4.79 Å². The molecule has 1 N–H and O–H groups in total. The number of benzene rings is 1. The smallest absolute Gasteiger partial charge is 0.259 e.